The fraction of sp³-hybridized carbons (Fsp3) is 0.700. The van der Waals surface area contributed by atoms with Gasteiger partial charge in [-0.05, 0) is 54.2 Å². The summed E-state index contributed by atoms with van der Waals surface area (Å²) in [5.41, 5.74) is 8.67. The minimum atomic E-state index is 0.0865. The van der Waals surface area contributed by atoms with E-state index in [0.717, 1.165) is 25.2 Å². The molecule has 2 N–H and O–H groups in total. The third-order valence-electron chi connectivity index (χ3n) is 4.01. The van der Waals surface area contributed by atoms with Crippen molar-refractivity contribution in [3.05, 3.63) is 29.3 Å². The molecule has 0 aliphatic carbocycles. The van der Waals surface area contributed by atoms with E-state index in [0.29, 0.717) is 11.8 Å². The number of hydrogen-bond donors (Lipinski definition) is 1. The Morgan fingerprint density at radius 2 is 1.68 bits per heavy atom. The molecule has 0 aliphatic heterocycles. The molecule has 2 unspecified atom stereocenters. The number of nitrogens with two attached hydrogens (primary N) is 1. The molecular weight excluding hydrogens is 270 g/mol. The second-order valence-electron chi connectivity index (χ2n) is 8.17. The topological polar surface area (TPSA) is 35.2 Å². The zero-order valence-corrected chi connectivity index (χ0v) is 15.6. The SMILES string of the molecule is CC(C)COc1ccc(C(C)CCC(C)N)cc1C(C)(C)C. The molecule has 0 heterocycles. The van der Waals surface area contributed by atoms with Gasteiger partial charge < -0.3 is 10.5 Å². The summed E-state index contributed by atoms with van der Waals surface area (Å²) in [4.78, 5) is 0. The smallest absolute Gasteiger partial charge is 0.123 e. The van der Waals surface area contributed by atoms with Crippen LogP contribution in [-0.2, 0) is 5.41 Å². The third kappa shape index (κ3) is 6.00. The normalized spacial score (nSPS) is 15.0. The molecule has 0 aliphatic rings. The van der Waals surface area contributed by atoms with E-state index >= 15 is 0 Å². The number of benzene rings is 1. The van der Waals surface area contributed by atoms with E-state index in [-0.39, 0.29) is 11.5 Å². The van der Waals surface area contributed by atoms with Crippen LogP contribution in [0.4, 0.5) is 0 Å². The van der Waals surface area contributed by atoms with Crippen molar-refractivity contribution >= 4 is 0 Å². The van der Waals surface area contributed by atoms with Crippen molar-refractivity contribution in [1.82, 2.24) is 0 Å². The fourth-order valence-corrected chi connectivity index (χ4v) is 2.50. The quantitative estimate of drug-likeness (QED) is 0.746. The van der Waals surface area contributed by atoms with Crippen LogP contribution >= 0.6 is 0 Å². The first-order chi connectivity index (χ1) is 10.1. The fourth-order valence-electron chi connectivity index (χ4n) is 2.50. The first-order valence-corrected chi connectivity index (χ1v) is 8.64. The monoisotopic (exact) mass is 305 g/mol. The van der Waals surface area contributed by atoms with Gasteiger partial charge in [-0.1, -0.05) is 53.7 Å². The lowest BCUT2D eigenvalue weighted by Crippen LogP contribution is -2.17. The molecule has 0 saturated heterocycles. The molecule has 2 atom stereocenters. The van der Waals surface area contributed by atoms with Crippen molar-refractivity contribution in [3.63, 3.8) is 0 Å². The summed E-state index contributed by atoms with van der Waals surface area (Å²) in [5.74, 6) is 2.10. The van der Waals surface area contributed by atoms with Gasteiger partial charge >= 0.3 is 0 Å². The second-order valence-corrected chi connectivity index (χ2v) is 8.17. The molecular formula is C20H35NO. The van der Waals surface area contributed by atoms with E-state index in [1.807, 2.05) is 0 Å². The molecule has 126 valence electrons. The third-order valence-corrected chi connectivity index (χ3v) is 4.01. The van der Waals surface area contributed by atoms with Crippen LogP contribution < -0.4 is 10.5 Å². The van der Waals surface area contributed by atoms with Gasteiger partial charge in [-0.15, -0.1) is 0 Å². The number of ether oxygens (including phenoxy) is 1. The van der Waals surface area contributed by atoms with E-state index in [1.165, 1.54) is 11.1 Å². The lowest BCUT2D eigenvalue weighted by Gasteiger charge is -2.25. The minimum Gasteiger partial charge on any atom is -0.493 e. The van der Waals surface area contributed by atoms with Gasteiger partial charge in [-0.3, -0.25) is 0 Å². The molecule has 0 saturated carbocycles. The molecule has 0 fully saturated rings. The van der Waals surface area contributed by atoms with Crippen LogP contribution in [0.25, 0.3) is 0 Å². The predicted octanol–water partition coefficient (Wildman–Crippen LogP) is 5.25. The summed E-state index contributed by atoms with van der Waals surface area (Å²) in [6, 6.07) is 6.98. The van der Waals surface area contributed by atoms with E-state index in [4.69, 9.17) is 10.5 Å². The molecule has 0 aromatic heterocycles. The summed E-state index contributed by atoms with van der Waals surface area (Å²) in [5, 5.41) is 0. The molecule has 1 aromatic rings. The van der Waals surface area contributed by atoms with Gasteiger partial charge in [-0.25, -0.2) is 0 Å². The Kier molecular flexibility index (Phi) is 6.93. The second kappa shape index (κ2) is 8.01. The summed E-state index contributed by atoms with van der Waals surface area (Å²) < 4.78 is 6.04. The molecule has 1 aromatic carbocycles. The van der Waals surface area contributed by atoms with Crippen LogP contribution in [0.5, 0.6) is 5.75 Å². The maximum absolute atomic E-state index is 6.04. The summed E-state index contributed by atoms with van der Waals surface area (Å²) in [6.45, 7) is 16.3. The largest absolute Gasteiger partial charge is 0.493 e. The minimum absolute atomic E-state index is 0.0865. The van der Waals surface area contributed by atoms with Gasteiger partial charge in [0.1, 0.15) is 5.75 Å². The van der Waals surface area contributed by atoms with Crippen molar-refractivity contribution in [1.29, 1.82) is 0 Å². The first kappa shape index (κ1) is 19.0. The molecule has 0 spiro atoms. The lowest BCUT2D eigenvalue weighted by atomic mass is 9.83. The van der Waals surface area contributed by atoms with E-state index in [1.54, 1.807) is 0 Å². The lowest BCUT2D eigenvalue weighted by molar-refractivity contribution is 0.264. The highest BCUT2D eigenvalue weighted by atomic mass is 16.5. The number of rotatable bonds is 7. The zero-order valence-electron chi connectivity index (χ0n) is 15.6. The molecule has 1 rings (SSSR count). The molecule has 2 heteroatoms. The van der Waals surface area contributed by atoms with Gasteiger partial charge in [0.25, 0.3) is 0 Å². The molecule has 2 nitrogen and oxygen atoms in total. The van der Waals surface area contributed by atoms with Crippen LogP contribution in [0.2, 0.25) is 0 Å². The Morgan fingerprint density at radius 1 is 1.05 bits per heavy atom. The standard InChI is InChI=1S/C20H35NO/c1-14(2)13-22-19-11-10-17(12-18(19)20(5,6)7)15(3)8-9-16(4)21/h10-12,14-16H,8-9,13,21H2,1-7H3. The highest BCUT2D eigenvalue weighted by molar-refractivity contribution is 5.42. The average Bonchev–Trinajstić information content (AvgIpc) is 2.41. The van der Waals surface area contributed by atoms with Crippen molar-refractivity contribution in [2.24, 2.45) is 11.7 Å². The van der Waals surface area contributed by atoms with E-state index in [2.05, 4.69) is 66.7 Å². The van der Waals surface area contributed by atoms with Gasteiger partial charge in [0.15, 0.2) is 0 Å². The van der Waals surface area contributed by atoms with Crippen LogP contribution in [0.3, 0.4) is 0 Å². The van der Waals surface area contributed by atoms with Crippen molar-refractivity contribution in [2.45, 2.75) is 78.7 Å². The zero-order chi connectivity index (χ0) is 16.9. The number of hydrogen-bond acceptors (Lipinski definition) is 2. The Morgan fingerprint density at radius 3 is 2.18 bits per heavy atom. The summed E-state index contributed by atoms with van der Waals surface area (Å²) >= 11 is 0. The summed E-state index contributed by atoms with van der Waals surface area (Å²) in [7, 11) is 0. The molecule has 0 amide bonds. The molecule has 22 heavy (non-hydrogen) atoms. The Hall–Kier alpha value is -1.02. The van der Waals surface area contributed by atoms with Crippen molar-refractivity contribution in [3.8, 4) is 5.75 Å². The highest BCUT2D eigenvalue weighted by Crippen LogP contribution is 2.35. The maximum atomic E-state index is 6.04. The van der Waals surface area contributed by atoms with Crippen molar-refractivity contribution < 1.29 is 4.74 Å². The van der Waals surface area contributed by atoms with Crippen LogP contribution in [0.15, 0.2) is 18.2 Å². The highest BCUT2D eigenvalue weighted by Gasteiger charge is 2.21. The molecule has 0 radical (unpaired) electrons. The van der Waals surface area contributed by atoms with Gasteiger partial charge in [0.05, 0.1) is 6.61 Å². The average molecular weight is 306 g/mol. The van der Waals surface area contributed by atoms with Crippen LogP contribution in [0, 0.1) is 5.92 Å². The van der Waals surface area contributed by atoms with Gasteiger partial charge in [0, 0.05) is 6.04 Å². The maximum Gasteiger partial charge on any atom is 0.123 e. The van der Waals surface area contributed by atoms with Crippen LogP contribution in [0.1, 0.15) is 78.4 Å². The Bertz CT molecular complexity index is 457. The van der Waals surface area contributed by atoms with Gasteiger partial charge in [-0.2, -0.15) is 0 Å². The van der Waals surface area contributed by atoms with Crippen molar-refractivity contribution in [2.75, 3.05) is 6.61 Å². The van der Waals surface area contributed by atoms with Gasteiger partial charge in [0.2, 0.25) is 0 Å². The summed E-state index contributed by atoms with van der Waals surface area (Å²) in [6.07, 6.45) is 2.20. The van der Waals surface area contributed by atoms with E-state index < -0.39 is 0 Å². The Balaban J connectivity index is 2.99. The van der Waals surface area contributed by atoms with E-state index in [9.17, 15) is 0 Å². The Labute approximate surface area is 137 Å². The van der Waals surface area contributed by atoms with Crippen LogP contribution in [-0.4, -0.2) is 12.6 Å². The molecule has 0 bridgehead atoms. The first-order valence-electron chi connectivity index (χ1n) is 8.64. The predicted molar refractivity (Wildman–Crippen MR) is 96.8 cm³/mol.